The third kappa shape index (κ3) is 2.20. The van der Waals surface area contributed by atoms with Gasteiger partial charge in [0, 0.05) is 11.1 Å². The lowest BCUT2D eigenvalue weighted by Crippen LogP contribution is -2.41. The Morgan fingerprint density at radius 1 is 1.32 bits per heavy atom. The summed E-state index contributed by atoms with van der Waals surface area (Å²) in [5, 5.41) is 22.0. The van der Waals surface area contributed by atoms with Gasteiger partial charge in [-0.1, -0.05) is 6.92 Å². The molecule has 0 aliphatic carbocycles. The molecule has 0 aliphatic heterocycles. The van der Waals surface area contributed by atoms with Crippen molar-refractivity contribution in [1.29, 1.82) is 5.41 Å². The van der Waals surface area contributed by atoms with Gasteiger partial charge in [0.2, 0.25) is 0 Å². The molecule has 5 N–H and O–H groups in total. The van der Waals surface area contributed by atoms with Crippen molar-refractivity contribution in [3.63, 3.8) is 0 Å². The van der Waals surface area contributed by atoms with Crippen molar-refractivity contribution in [2.24, 2.45) is 5.73 Å². The Kier molecular flexibility index (Phi) is 3.34. The molecule has 3 rings (SSSR count). The second kappa shape index (κ2) is 5.32. The fourth-order valence-corrected chi connectivity index (χ4v) is 2.32. The number of carbonyl (C=O) groups is 1. The van der Waals surface area contributed by atoms with E-state index in [9.17, 15) is 4.79 Å². The minimum atomic E-state index is -0.388. The summed E-state index contributed by atoms with van der Waals surface area (Å²) in [6.07, 6.45) is 3.73. The van der Waals surface area contributed by atoms with Gasteiger partial charge in [-0.25, -0.2) is 4.90 Å². The van der Waals surface area contributed by atoms with E-state index in [4.69, 9.17) is 11.1 Å². The number of amides is 1. The number of rotatable bonds is 3. The predicted molar refractivity (Wildman–Crippen MR) is 82.8 cm³/mol. The maximum Gasteiger partial charge on any atom is 0.268 e. The number of anilines is 1. The van der Waals surface area contributed by atoms with Crippen molar-refractivity contribution < 1.29 is 4.79 Å². The lowest BCUT2D eigenvalue weighted by molar-refractivity contribution is 0.100. The van der Waals surface area contributed by atoms with Crippen LogP contribution < -0.4 is 10.6 Å². The topological polar surface area (TPSA) is 128 Å². The van der Waals surface area contributed by atoms with Crippen LogP contribution in [0.5, 0.6) is 0 Å². The monoisotopic (exact) mass is 297 g/mol. The molecule has 0 fully saturated rings. The van der Waals surface area contributed by atoms with Gasteiger partial charge in [0.1, 0.15) is 0 Å². The van der Waals surface area contributed by atoms with Crippen LogP contribution in [0.15, 0.2) is 30.6 Å². The number of guanidine groups is 1. The van der Waals surface area contributed by atoms with Gasteiger partial charge in [-0.3, -0.25) is 20.4 Å². The van der Waals surface area contributed by atoms with Crippen LogP contribution in [0.1, 0.15) is 23.0 Å². The molecule has 0 bridgehead atoms. The number of hydrogen-bond donors (Lipinski definition) is 4. The standard InChI is InChI=1S/C14H15N7O/c1-2-11-10(7-18-19-11)13(22)21(14(15)16)9-3-4-12-8(5-9)6-17-20-12/h3-7H,2H2,1H3,(H3,15,16)(H,17,20)(H,18,19). The minimum Gasteiger partial charge on any atom is -0.369 e. The first-order valence-corrected chi connectivity index (χ1v) is 6.75. The van der Waals surface area contributed by atoms with Gasteiger partial charge in [0.15, 0.2) is 5.96 Å². The van der Waals surface area contributed by atoms with Crippen molar-refractivity contribution in [1.82, 2.24) is 20.4 Å². The predicted octanol–water partition coefficient (Wildman–Crippen LogP) is 1.39. The van der Waals surface area contributed by atoms with Crippen molar-refractivity contribution in [2.75, 3.05) is 4.90 Å². The summed E-state index contributed by atoms with van der Waals surface area (Å²) in [6, 6.07) is 5.26. The van der Waals surface area contributed by atoms with Gasteiger partial charge in [-0.15, -0.1) is 0 Å². The molecule has 1 amide bonds. The van der Waals surface area contributed by atoms with Crippen LogP contribution in [0.4, 0.5) is 5.69 Å². The Hall–Kier alpha value is -3.16. The number of aryl methyl sites for hydroxylation is 1. The highest BCUT2D eigenvalue weighted by atomic mass is 16.2. The zero-order chi connectivity index (χ0) is 15.7. The molecule has 8 heteroatoms. The Morgan fingerprint density at radius 3 is 2.82 bits per heavy atom. The van der Waals surface area contributed by atoms with Crippen LogP contribution in [0.3, 0.4) is 0 Å². The maximum atomic E-state index is 12.7. The fraction of sp³-hybridized carbons (Fsp3) is 0.143. The van der Waals surface area contributed by atoms with Crippen LogP contribution in [0.25, 0.3) is 10.9 Å². The molecule has 0 atom stereocenters. The molecule has 112 valence electrons. The summed E-state index contributed by atoms with van der Waals surface area (Å²) in [5.41, 5.74) is 8.09. The molecule has 0 aliphatic rings. The van der Waals surface area contributed by atoms with Crippen molar-refractivity contribution in [2.45, 2.75) is 13.3 Å². The van der Waals surface area contributed by atoms with Crippen LogP contribution in [-0.2, 0) is 6.42 Å². The van der Waals surface area contributed by atoms with E-state index < -0.39 is 0 Å². The van der Waals surface area contributed by atoms with E-state index in [0.717, 1.165) is 15.8 Å². The Labute approximate surface area is 125 Å². The van der Waals surface area contributed by atoms with Gasteiger partial charge in [0.05, 0.1) is 29.2 Å². The molecular formula is C14H15N7O. The first kappa shape index (κ1) is 13.8. The number of nitrogens with one attached hydrogen (secondary N) is 3. The largest absolute Gasteiger partial charge is 0.369 e. The third-order valence-electron chi connectivity index (χ3n) is 3.43. The number of nitrogens with two attached hydrogens (primary N) is 1. The van der Waals surface area contributed by atoms with Crippen molar-refractivity contribution >= 4 is 28.5 Å². The third-order valence-corrected chi connectivity index (χ3v) is 3.43. The molecule has 2 heterocycles. The van der Waals surface area contributed by atoms with Gasteiger partial charge in [-0.05, 0) is 24.6 Å². The fourth-order valence-electron chi connectivity index (χ4n) is 2.32. The molecule has 0 radical (unpaired) electrons. The maximum absolute atomic E-state index is 12.7. The second-order valence-corrected chi connectivity index (χ2v) is 4.78. The quantitative estimate of drug-likeness (QED) is 0.430. The zero-order valence-electron chi connectivity index (χ0n) is 11.9. The van der Waals surface area contributed by atoms with Crippen molar-refractivity contribution in [3.05, 3.63) is 41.9 Å². The molecular weight excluding hydrogens is 282 g/mol. The summed E-state index contributed by atoms with van der Waals surface area (Å²) < 4.78 is 0. The molecule has 0 saturated heterocycles. The number of nitrogens with zero attached hydrogens (tertiary/aromatic N) is 3. The van der Waals surface area contributed by atoms with E-state index >= 15 is 0 Å². The van der Waals surface area contributed by atoms with Gasteiger partial charge >= 0.3 is 0 Å². The molecule has 22 heavy (non-hydrogen) atoms. The highest BCUT2D eigenvalue weighted by molar-refractivity contribution is 6.21. The summed E-state index contributed by atoms with van der Waals surface area (Å²) >= 11 is 0. The lowest BCUT2D eigenvalue weighted by Gasteiger charge is -2.20. The molecule has 0 unspecified atom stereocenters. The van der Waals surface area contributed by atoms with E-state index in [-0.39, 0.29) is 11.9 Å². The first-order valence-electron chi connectivity index (χ1n) is 6.75. The number of benzene rings is 1. The molecule has 3 aromatic rings. The van der Waals surface area contributed by atoms with Gasteiger partial charge < -0.3 is 5.73 Å². The molecule has 1 aromatic carbocycles. The Balaban J connectivity index is 2.05. The highest BCUT2D eigenvalue weighted by Gasteiger charge is 2.24. The second-order valence-electron chi connectivity index (χ2n) is 4.78. The number of aromatic amines is 2. The van der Waals surface area contributed by atoms with Crippen molar-refractivity contribution in [3.8, 4) is 0 Å². The Morgan fingerprint density at radius 2 is 2.09 bits per heavy atom. The SMILES string of the molecule is CCc1[nH]ncc1C(=O)N(C(=N)N)c1ccc2[nH]ncc2c1. The minimum absolute atomic E-state index is 0.351. The van der Waals surface area contributed by atoms with E-state index in [2.05, 4.69) is 20.4 Å². The average molecular weight is 297 g/mol. The highest BCUT2D eigenvalue weighted by Crippen LogP contribution is 2.22. The molecule has 0 saturated carbocycles. The first-order chi connectivity index (χ1) is 10.6. The lowest BCUT2D eigenvalue weighted by atomic mass is 10.1. The average Bonchev–Trinajstić information content (AvgIpc) is 3.15. The normalized spacial score (nSPS) is 10.8. The van der Waals surface area contributed by atoms with Gasteiger partial charge in [0.25, 0.3) is 5.91 Å². The van der Waals surface area contributed by atoms with Crippen LogP contribution >= 0.6 is 0 Å². The van der Waals surface area contributed by atoms with Crippen LogP contribution in [-0.4, -0.2) is 32.3 Å². The number of carbonyl (C=O) groups excluding carboxylic acids is 1. The number of aromatic nitrogens is 4. The summed E-state index contributed by atoms with van der Waals surface area (Å²) in [5.74, 6) is -0.739. The van der Waals surface area contributed by atoms with E-state index in [1.54, 1.807) is 24.4 Å². The molecule has 0 spiro atoms. The zero-order valence-corrected chi connectivity index (χ0v) is 11.9. The Bertz CT molecular complexity index is 848. The molecule has 2 aromatic heterocycles. The summed E-state index contributed by atoms with van der Waals surface area (Å²) in [6.45, 7) is 1.92. The van der Waals surface area contributed by atoms with Crippen LogP contribution in [0.2, 0.25) is 0 Å². The summed E-state index contributed by atoms with van der Waals surface area (Å²) in [7, 11) is 0. The summed E-state index contributed by atoms with van der Waals surface area (Å²) in [4.78, 5) is 13.9. The smallest absolute Gasteiger partial charge is 0.268 e. The van der Waals surface area contributed by atoms with Gasteiger partial charge in [-0.2, -0.15) is 10.2 Å². The van der Waals surface area contributed by atoms with E-state index in [1.165, 1.54) is 6.20 Å². The van der Waals surface area contributed by atoms with E-state index in [1.807, 2.05) is 6.92 Å². The van der Waals surface area contributed by atoms with E-state index in [0.29, 0.717) is 23.4 Å². The number of fused-ring (bicyclic) bond motifs is 1. The van der Waals surface area contributed by atoms with Crippen LogP contribution in [0, 0.1) is 5.41 Å². The number of hydrogen-bond acceptors (Lipinski definition) is 4. The molecule has 8 nitrogen and oxygen atoms in total. The number of H-pyrrole nitrogens is 2.